The largest absolute Gasteiger partial charge is 0.352 e. The van der Waals surface area contributed by atoms with E-state index in [1.807, 2.05) is 0 Å². The fourth-order valence-corrected chi connectivity index (χ4v) is 0.214. The summed E-state index contributed by atoms with van der Waals surface area (Å²) in [6.07, 6.45) is 0. The van der Waals surface area contributed by atoms with Gasteiger partial charge in [-0.05, 0) is 12.2 Å². The molecule has 5 heteroatoms. The molecule has 0 aliphatic rings. The van der Waals surface area contributed by atoms with Crippen LogP contribution in [0.5, 0.6) is 0 Å². The van der Waals surface area contributed by atoms with Gasteiger partial charge in [0.05, 0.1) is 5.16 Å². The first kappa shape index (κ1) is 7.07. The van der Waals surface area contributed by atoms with E-state index in [0.717, 1.165) is 0 Å². The van der Waals surface area contributed by atoms with Crippen LogP contribution in [0.3, 0.4) is 0 Å². The van der Waals surface area contributed by atoms with Gasteiger partial charge in [0.15, 0.2) is 0 Å². The third-order valence-electron chi connectivity index (χ3n) is 0.397. The zero-order chi connectivity index (χ0) is 6.41. The molecule has 3 N–H and O–H groups in total. The van der Waals surface area contributed by atoms with Crippen molar-refractivity contribution in [2.75, 3.05) is 6.67 Å². The molecule has 8 heavy (non-hydrogen) atoms. The number of primary amides is 1. The molecule has 0 unspecified atom stereocenters. The fraction of sp³-hybridized carbons (Fsp3) is 0.333. The quantitative estimate of drug-likeness (QED) is 0.399. The molecule has 0 aromatic heterocycles. The first-order valence-electron chi connectivity index (χ1n) is 1.84. The van der Waals surface area contributed by atoms with Crippen molar-refractivity contribution in [3.63, 3.8) is 0 Å². The van der Waals surface area contributed by atoms with E-state index < -0.39 is 6.03 Å². The van der Waals surface area contributed by atoms with Gasteiger partial charge >= 0.3 is 6.03 Å². The number of amides is 2. The second kappa shape index (κ2) is 4.23. The van der Waals surface area contributed by atoms with Gasteiger partial charge in [0, 0.05) is 0 Å². The first-order valence-corrected chi connectivity index (χ1v) is 2.25. The Morgan fingerprint density at radius 2 is 2.62 bits per heavy atom. The van der Waals surface area contributed by atoms with Gasteiger partial charge in [-0.2, -0.15) is 0 Å². The molecule has 4 nitrogen and oxygen atoms in total. The third-order valence-corrected chi connectivity index (χ3v) is 0.526. The average molecular weight is 131 g/mol. The van der Waals surface area contributed by atoms with Crippen molar-refractivity contribution in [2.45, 2.75) is 0 Å². The second-order valence-electron chi connectivity index (χ2n) is 0.949. The number of urea groups is 1. The number of rotatable bonds is 2. The van der Waals surface area contributed by atoms with E-state index in [-0.39, 0.29) is 6.67 Å². The number of carbonyl (C=O) groups is 1. The number of carbonyl (C=O) groups excluding carboxylic acids is 1. The van der Waals surface area contributed by atoms with Crippen LogP contribution in [-0.4, -0.2) is 17.9 Å². The van der Waals surface area contributed by atoms with E-state index >= 15 is 0 Å². The maximum atomic E-state index is 9.86. The lowest BCUT2D eigenvalue weighted by atomic mass is 11.0. The smallest absolute Gasteiger partial charge is 0.313 e. The Kier molecular flexibility index (Phi) is 3.74. The van der Waals surface area contributed by atoms with Crippen molar-refractivity contribution in [2.24, 2.45) is 10.7 Å². The fourth-order valence-electron chi connectivity index (χ4n) is 0.150. The van der Waals surface area contributed by atoms with Crippen LogP contribution < -0.4 is 11.1 Å². The zero-order valence-electron chi connectivity index (χ0n) is 4.05. The molecule has 0 aliphatic carbocycles. The molecule has 0 aliphatic heterocycles. The summed E-state index contributed by atoms with van der Waals surface area (Å²) in [4.78, 5) is 13.2. The van der Waals surface area contributed by atoms with E-state index in [9.17, 15) is 4.79 Å². The van der Waals surface area contributed by atoms with E-state index in [1.54, 1.807) is 0 Å². The molecule has 44 valence electrons. The SMILES string of the molecule is NC(=O)NCN=C=S. The number of hydrogen-bond donors (Lipinski definition) is 2. The van der Waals surface area contributed by atoms with Crippen molar-refractivity contribution in [3.8, 4) is 0 Å². The molecule has 0 bridgehead atoms. The molecular formula is C3H5N3OS. The Morgan fingerprint density at radius 1 is 2.00 bits per heavy atom. The van der Waals surface area contributed by atoms with E-state index in [1.165, 1.54) is 0 Å². The molecule has 0 aromatic rings. The summed E-state index contributed by atoms with van der Waals surface area (Å²) in [6.45, 7) is 0.110. The van der Waals surface area contributed by atoms with E-state index in [2.05, 4.69) is 33.4 Å². The highest BCUT2D eigenvalue weighted by Gasteiger charge is 1.82. The molecule has 0 aromatic carbocycles. The van der Waals surface area contributed by atoms with Gasteiger partial charge in [-0.25, -0.2) is 9.79 Å². The summed E-state index contributed by atoms with van der Waals surface area (Å²) in [5.74, 6) is 0. The van der Waals surface area contributed by atoms with Gasteiger partial charge in [0.2, 0.25) is 0 Å². The Labute approximate surface area is 51.8 Å². The van der Waals surface area contributed by atoms with Gasteiger partial charge in [-0.1, -0.05) is 0 Å². The summed E-state index contributed by atoms with van der Waals surface area (Å²) in [5.41, 5.74) is 4.66. The highest BCUT2D eigenvalue weighted by molar-refractivity contribution is 7.78. The maximum Gasteiger partial charge on any atom is 0.313 e. The zero-order valence-corrected chi connectivity index (χ0v) is 4.86. The second-order valence-corrected chi connectivity index (χ2v) is 1.13. The number of nitrogens with two attached hydrogens (primary N) is 1. The summed E-state index contributed by atoms with van der Waals surface area (Å²) < 4.78 is 0. The van der Waals surface area contributed by atoms with Crippen LogP contribution >= 0.6 is 12.2 Å². The van der Waals surface area contributed by atoms with E-state index in [4.69, 9.17) is 0 Å². The molecule has 0 saturated heterocycles. The van der Waals surface area contributed by atoms with Gasteiger partial charge in [-0.15, -0.1) is 0 Å². The Bertz CT molecular complexity index is 126. The summed E-state index contributed by atoms with van der Waals surface area (Å²) in [6, 6.07) is -0.612. The molecular weight excluding hydrogens is 126 g/mol. The van der Waals surface area contributed by atoms with Crippen molar-refractivity contribution < 1.29 is 4.79 Å². The average Bonchev–Trinajstić information content (AvgIpc) is 1.66. The van der Waals surface area contributed by atoms with Crippen molar-refractivity contribution in [1.29, 1.82) is 0 Å². The van der Waals surface area contributed by atoms with Crippen molar-refractivity contribution in [3.05, 3.63) is 0 Å². The van der Waals surface area contributed by atoms with Crippen LogP contribution in [0.2, 0.25) is 0 Å². The predicted molar refractivity (Wildman–Crippen MR) is 32.6 cm³/mol. The van der Waals surface area contributed by atoms with E-state index in [0.29, 0.717) is 0 Å². The van der Waals surface area contributed by atoms with Gasteiger partial charge in [0.1, 0.15) is 6.67 Å². The molecule has 0 radical (unpaired) electrons. The predicted octanol–water partition coefficient (Wildman–Crippen LogP) is -0.285. The van der Waals surface area contributed by atoms with Crippen LogP contribution in [-0.2, 0) is 0 Å². The lowest BCUT2D eigenvalue weighted by Crippen LogP contribution is -2.29. The molecule has 0 fully saturated rings. The minimum absolute atomic E-state index is 0.110. The minimum Gasteiger partial charge on any atom is -0.352 e. The monoisotopic (exact) mass is 131 g/mol. The lowest BCUT2D eigenvalue weighted by Gasteiger charge is -1.89. The van der Waals surface area contributed by atoms with Gasteiger partial charge in [-0.3, -0.25) is 0 Å². The number of nitrogens with one attached hydrogen (secondary N) is 1. The van der Waals surface area contributed by atoms with Crippen LogP contribution in [0.25, 0.3) is 0 Å². The summed E-state index contributed by atoms with van der Waals surface area (Å²) >= 11 is 4.20. The number of isothiocyanates is 1. The number of aliphatic imine (C=N–C) groups is 1. The van der Waals surface area contributed by atoms with Crippen LogP contribution in [0.1, 0.15) is 0 Å². The molecule has 0 heterocycles. The normalized spacial score (nSPS) is 7.00. The lowest BCUT2D eigenvalue weighted by molar-refractivity contribution is 0.249. The van der Waals surface area contributed by atoms with Crippen LogP contribution in [0, 0.1) is 0 Å². The van der Waals surface area contributed by atoms with Crippen molar-refractivity contribution in [1.82, 2.24) is 5.32 Å². The maximum absolute atomic E-state index is 9.86. The highest BCUT2D eigenvalue weighted by Crippen LogP contribution is 1.57. The minimum atomic E-state index is -0.612. The third kappa shape index (κ3) is 5.07. The Morgan fingerprint density at radius 3 is 3.00 bits per heavy atom. The van der Waals surface area contributed by atoms with Crippen LogP contribution in [0.4, 0.5) is 4.79 Å². The molecule has 0 spiro atoms. The number of hydrogen-bond acceptors (Lipinski definition) is 3. The molecule has 0 atom stereocenters. The van der Waals surface area contributed by atoms with Gasteiger partial charge in [0.25, 0.3) is 0 Å². The molecule has 0 saturated carbocycles. The Hall–Kier alpha value is -0.930. The Balaban J connectivity index is 3.18. The van der Waals surface area contributed by atoms with Crippen molar-refractivity contribution >= 4 is 23.4 Å². The summed E-state index contributed by atoms with van der Waals surface area (Å²) in [5, 5.41) is 4.25. The first-order chi connectivity index (χ1) is 3.77. The standard InChI is InChI=1S/C3H5N3OS/c4-3(7)6-1-5-2-8/h1H2,(H3,4,6,7). The molecule has 2 amide bonds. The van der Waals surface area contributed by atoms with Crippen LogP contribution in [0.15, 0.2) is 4.99 Å². The summed E-state index contributed by atoms with van der Waals surface area (Å²) in [7, 11) is 0. The van der Waals surface area contributed by atoms with Gasteiger partial charge < -0.3 is 11.1 Å². The molecule has 0 rings (SSSR count). The number of thiocarbonyl (C=S) groups is 1. The topological polar surface area (TPSA) is 67.5 Å². The highest BCUT2D eigenvalue weighted by atomic mass is 32.1. The number of nitrogens with zero attached hydrogens (tertiary/aromatic N) is 1.